The topological polar surface area (TPSA) is 41.1 Å². The predicted octanol–water partition coefficient (Wildman–Crippen LogP) is 1.43. The van der Waals surface area contributed by atoms with E-state index in [1.54, 1.807) is 0 Å². The molecule has 0 atom stereocenters. The molecular weight excluding hydrogens is 188 g/mol. The molecule has 0 spiro atoms. The highest BCUT2D eigenvalue weighted by atomic mass is 16.2. The molecule has 1 amide bonds. The molecule has 0 aliphatic heterocycles. The molecule has 3 heteroatoms. The van der Waals surface area contributed by atoms with Crippen molar-refractivity contribution in [3.05, 3.63) is 0 Å². The molecule has 2 fully saturated rings. The van der Waals surface area contributed by atoms with Crippen molar-refractivity contribution in [1.29, 1.82) is 0 Å². The number of amides is 1. The van der Waals surface area contributed by atoms with Crippen LogP contribution >= 0.6 is 0 Å². The van der Waals surface area contributed by atoms with E-state index >= 15 is 0 Å². The maximum Gasteiger partial charge on any atom is 0.227 e. The molecule has 2 aliphatic rings. The smallest absolute Gasteiger partial charge is 0.227 e. The Morgan fingerprint density at radius 2 is 1.93 bits per heavy atom. The van der Waals surface area contributed by atoms with Crippen molar-refractivity contribution in [3.63, 3.8) is 0 Å². The third-order valence-electron chi connectivity index (χ3n) is 3.79. The van der Waals surface area contributed by atoms with E-state index in [2.05, 4.69) is 10.6 Å². The summed E-state index contributed by atoms with van der Waals surface area (Å²) < 4.78 is 0. The molecule has 0 heterocycles. The third-order valence-corrected chi connectivity index (χ3v) is 3.79. The molecule has 86 valence electrons. The Morgan fingerprint density at radius 1 is 1.27 bits per heavy atom. The summed E-state index contributed by atoms with van der Waals surface area (Å²) in [6.45, 7) is 0.839. The normalized spacial score (nSPS) is 24.9. The average Bonchev–Trinajstić information content (AvgIpc) is 3.01. The highest BCUT2D eigenvalue weighted by Gasteiger charge is 2.49. The molecule has 2 rings (SSSR count). The van der Waals surface area contributed by atoms with Gasteiger partial charge < -0.3 is 10.6 Å². The fourth-order valence-electron chi connectivity index (χ4n) is 2.56. The molecule has 2 N–H and O–H groups in total. The molecule has 0 saturated heterocycles. The van der Waals surface area contributed by atoms with Gasteiger partial charge in [-0.15, -0.1) is 0 Å². The van der Waals surface area contributed by atoms with Gasteiger partial charge in [0.25, 0.3) is 0 Å². The van der Waals surface area contributed by atoms with E-state index in [0.29, 0.717) is 11.9 Å². The van der Waals surface area contributed by atoms with Crippen LogP contribution in [0.4, 0.5) is 0 Å². The monoisotopic (exact) mass is 210 g/mol. The number of carbonyl (C=O) groups excluding carboxylic acids is 1. The molecule has 0 aromatic carbocycles. The lowest BCUT2D eigenvalue weighted by Gasteiger charge is -2.25. The van der Waals surface area contributed by atoms with Gasteiger partial charge in [-0.25, -0.2) is 0 Å². The summed E-state index contributed by atoms with van der Waals surface area (Å²) in [7, 11) is 1.92. The first-order valence-corrected chi connectivity index (χ1v) is 6.22. The quantitative estimate of drug-likeness (QED) is 0.737. The third kappa shape index (κ3) is 2.51. The number of hydrogen-bond acceptors (Lipinski definition) is 2. The molecular formula is C12H22N2O. The number of carbonyl (C=O) groups is 1. The van der Waals surface area contributed by atoms with Crippen molar-refractivity contribution >= 4 is 5.91 Å². The summed E-state index contributed by atoms with van der Waals surface area (Å²) in [5.74, 6) is 0.295. The van der Waals surface area contributed by atoms with Crippen molar-refractivity contribution in [1.82, 2.24) is 10.6 Å². The second-order valence-electron chi connectivity index (χ2n) is 5.12. The van der Waals surface area contributed by atoms with Gasteiger partial charge in [0.05, 0.1) is 5.41 Å². The average molecular weight is 210 g/mol. The maximum absolute atomic E-state index is 12.0. The minimum Gasteiger partial charge on any atom is -0.353 e. The van der Waals surface area contributed by atoms with Crippen LogP contribution in [0.15, 0.2) is 0 Å². The summed E-state index contributed by atoms with van der Waals surface area (Å²) in [6.07, 6.45) is 8.39. The van der Waals surface area contributed by atoms with Crippen LogP contribution in [0.25, 0.3) is 0 Å². The molecule has 15 heavy (non-hydrogen) atoms. The van der Waals surface area contributed by atoms with Gasteiger partial charge in [-0.05, 0) is 32.7 Å². The summed E-state index contributed by atoms with van der Waals surface area (Å²) in [5, 5.41) is 6.36. The van der Waals surface area contributed by atoms with Crippen LogP contribution in [0.5, 0.6) is 0 Å². The number of rotatable bonds is 4. The maximum atomic E-state index is 12.0. The van der Waals surface area contributed by atoms with E-state index in [4.69, 9.17) is 0 Å². The highest BCUT2D eigenvalue weighted by molar-refractivity contribution is 5.85. The van der Waals surface area contributed by atoms with Gasteiger partial charge >= 0.3 is 0 Å². The van der Waals surface area contributed by atoms with E-state index in [9.17, 15) is 4.79 Å². The Hall–Kier alpha value is -0.570. The number of hydrogen-bond donors (Lipinski definition) is 2. The van der Waals surface area contributed by atoms with Crippen molar-refractivity contribution < 1.29 is 4.79 Å². The zero-order chi connectivity index (χ0) is 10.7. The van der Waals surface area contributed by atoms with Gasteiger partial charge in [0.2, 0.25) is 5.91 Å². The molecule has 0 aromatic rings. The SMILES string of the molecule is CNCC1(C(=O)NC2CCCCC2)CC1. The summed E-state index contributed by atoms with van der Waals surface area (Å²) in [5.41, 5.74) is -0.0494. The van der Waals surface area contributed by atoms with E-state index < -0.39 is 0 Å². The fraction of sp³-hybridized carbons (Fsp3) is 0.917. The first-order chi connectivity index (χ1) is 7.27. The predicted molar refractivity (Wildman–Crippen MR) is 60.6 cm³/mol. The Morgan fingerprint density at radius 3 is 2.47 bits per heavy atom. The van der Waals surface area contributed by atoms with E-state index in [-0.39, 0.29) is 5.41 Å². The van der Waals surface area contributed by atoms with Crippen LogP contribution in [-0.4, -0.2) is 25.5 Å². The summed E-state index contributed by atoms with van der Waals surface area (Å²) in [6, 6.07) is 0.459. The van der Waals surface area contributed by atoms with Gasteiger partial charge in [-0.1, -0.05) is 19.3 Å². The van der Waals surface area contributed by atoms with Crippen LogP contribution in [0.1, 0.15) is 44.9 Å². The Labute approximate surface area is 92.0 Å². The van der Waals surface area contributed by atoms with E-state index in [1.807, 2.05) is 7.05 Å². The summed E-state index contributed by atoms with van der Waals surface area (Å²) in [4.78, 5) is 12.0. The Bertz CT molecular complexity index is 230. The van der Waals surface area contributed by atoms with Crippen LogP contribution in [0, 0.1) is 5.41 Å². The van der Waals surface area contributed by atoms with Crippen molar-refractivity contribution in [2.75, 3.05) is 13.6 Å². The van der Waals surface area contributed by atoms with Crippen LogP contribution in [0.2, 0.25) is 0 Å². The zero-order valence-corrected chi connectivity index (χ0v) is 9.64. The molecule has 0 aromatic heterocycles. The summed E-state index contributed by atoms with van der Waals surface area (Å²) >= 11 is 0. The van der Waals surface area contributed by atoms with Crippen LogP contribution in [0.3, 0.4) is 0 Å². The lowest BCUT2D eigenvalue weighted by molar-refractivity contribution is -0.127. The molecule has 0 bridgehead atoms. The second kappa shape index (κ2) is 4.52. The van der Waals surface area contributed by atoms with Gasteiger partial charge in [0.15, 0.2) is 0 Å². The minimum absolute atomic E-state index is 0.0494. The number of nitrogens with one attached hydrogen (secondary N) is 2. The van der Waals surface area contributed by atoms with Crippen molar-refractivity contribution in [2.45, 2.75) is 51.0 Å². The lowest BCUT2D eigenvalue weighted by atomic mass is 9.94. The minimum atomic E-state index is -0.0494. The van der Waals surface area contributed by atoms with Gasteiger partial charge in [-0.2, -0.15) is 0 Å². The van der Waals surface area contributed by atoms with Crippen LogP contribution in [-0.2, 0) is 4.79 Å². The largest absolute Gasteiger partial charge is 0.353 e. The van der Waals surface area contributed by atoms with Gasteiger partial charge in [-0.3, -0.25) is 4.79 Å². The Kier molecular flexibility index (Phi) is 3.29. The lowest BCUT2D eigenvalue weighted by Crippen LogP contribution is -2.43. The van der Waals surface area contributed by atoms with Crippen LogP contribution < -0.4 is 10.6 Å². The molecule has 3 nitrogen and oxygen atoms in total. The standard InChI is InChI=1S/C12H22N2O/c1-13-9-12(7-8-12)11(15)14-10-5-3-2-4-6-10/h10,13H,2-9H2,1H3,(H,14,15). The molecule has 2 aliphatic carbocycles. The molecule has 2 saturated carbocycles. The fourth-order valence-corrected chi connectivity index (χ4v) is 2.56. The first-order valence-electron chi connectivity index (χ1n) is 6.22. The highest BCUT2D eigenvalue weighted by Crippen LogP contribution is 2.45. The molecule has 0 unspecified atom stereocenters. The van der Waals surface area contributed by atoms with Crippen molar-refractivity contribution in [3.8, 4) is 0 Å². The first kappa shape index (κ1) is 10.9. The Balaban J connectivity index is 1.80. The van der Waals surface area contributed by atoms with Crippen molar-refractivity contribution in [2.24, 2.45) is 5.41 Å². The molecule has 0 radical (unpaired) electrons. The van der Waals surface area contributed by atoms with E-state index in [1.165, 1.54) is 32.1 Å². The van der Waals surface area contributed by atoms with E-state index in [0.717, 1.165) is 19.4 Å². The van der Waals surface area contributed by atoms with Gasteiger partial charge in [0.1, 0.15) is 0 Å². The zero-order valence-electron chi connectivity index (χ0n) is 9.64. The second-order valence-corrected chi connectivity index (χ2v) is 5.12. The van der Waals surface area contributed by atoms with Gasteiger partial charge in [0, 0.05) is 12.6 Å².